The lowest BCUT2D eigenvalue weighted by Crippen LogP contribution is -2.36. The number of carboxylic acid groups (broad SMARTS) is 1. The first kappa shape index (κ1) is 10.5. The summed E-state index contributed by atoms with van der Waals surface area (Å²) in [5, 5.41) is 9.01. The number of ketones is 1. The van der Waals surface area contributed by atoms with Crippen molar-refractivity contribution in [2.24, 2.45) is 0 Å². The van der Waals surface area contributed by atoms with Gasteiger partial charge in [0.2, 0.25) is 0 Å². The molecule has 0 radical (unpaired) electrons. The Kier molecular flexibility index (Phi) is 2.52. The highest BCUT2D eigenvalue weighted by atomic mass is 16.5. The van der Waals surface area contributed by atoms with Crippen molar-refractivity contribution >= 4 is 17.6 Å². The fraction of sp³-hybridized carbons (Fsp3) is 0.273. The lowest BCUT2D eigenvalue weighted by atomic mass is 10.0. The highest BCUT2D eigenvalue weighted by molar-refractivity contribution is 6.07. The molecule has 0 saturated carbocycles. The Labute approximate surface area is 92.2 Å². The van der Waals surface area contributed by atoms with Crippen molar-refractivity contribution in [2.45, 2.75) is 6.42 Å². The molecular weight excluding hydrogens is 210 g/mol. The maximum absolute atomic E-state index is 11.6. The number of Topliss-reactive ketones (excluding diaryl/α,β-unsaturated/α-hetero) is 1. The zero-order valence-corrected chi connectivity index (χ0v) is 8.77. The Morgan fingerprint density at radius 2 is 2.25 bits per heavy atom. The first-order chi connectivity index (χ1) is 7.63. The van der Waals surface area contributed by atoms with Gasteiger partial charge in [0, 0.05) is 24.6 Å². The lowest BCUT2D eigenvalue weighted by molar-refractivity contribution is 0.0980. The van der Waals surface area contributed by atoms with Crippen molar-refractivity contribution in [2.75, 3.05) is 18.6 Å². The van der Waals surface area contributed by atoms with Crippen LogP contribution in [0.5, 0.6) is 5.75 Å². The maximum Gasteiger partial charge on any atom is 0.411 e. The number of methoxy groups -OCH3 is 1. The number of fused-ring (bicyclic) bond motifs is 1. The number of benzene rings is 1. The third kappa shape index (κ3) is 1.60. The zero-order valence-electron chi connectivity index (χ0n) is 8.77. The standard InChI is InChI=1S/C11H11NO4/c1-16-7-2-3-8-9(6-7)12(11(14)15)5-4-10(8)13/h2-3,6H,4-5H2,1H3,(H,14,15). The molecule has 0 fully saturated rings. The Morgan fingerprint density at radius 1 is 1.50 bits per heavy atom. The minimum Gasteiger partial charge on any atom is -0.497 e. The van der Waals surface area contributed by atoms with Gasteiger partial charge in [0.25, 0.3) is 0 Å². The average Bonchev–Trinajstić information content (AvgIpc) is 2.28. The number of nitrogens with zero attached hydrogens (tertiary/aromatic N) is 1. The summed E-state index contributed by atoms with van der Waals surface area (Å²) in [5.41, 5.74) is 0.845. The Morgan fingerprint density at radius 3 is 2.88 bits per heavy atom. The minimum atomic E-state index is -1.05. The van der Waals surface area contributed by atoms with E-state index in [1.807, 2.05) is 0 Å². The van der Waals surface area contributed by atoms with Crippen LogP contribution in [0, 0.1) is 0 Å². The maximum atomic E-state index is 11.6. The topological polar surface area (TPSA) is 66.8 Å². The molecule has 1 N–H and O–H groups in total. The Balaban J connectivity index is 2.53. The Hall–Kier alpha value is -2.04. The van der Waals surface area contributed by atoms with Gasteiger partial charge in [-0.25, -0.2) is 4.79 Å². The van der Waals surface area contributed by atoms with Crippen LogP contribution < -0.4 is 9.64 Å². The third-order valence-electron chi connectivity index (χ3n) is 2.59. The van der Waals surface area contributed by atoms with Crippen molar-refractivity contribution in [3.05, 3.63) is 23.8 Å². The molecule has 0 bridgehead atoms. The zero-order chi connectivity index (χ0) is 11.7. The quantitative estimate of drug-likeness (QED) is 0.784. The number of hydrogen-bond acceptors (Lipinski definition) is 3. The molecule has 0 saturated heterocycles. The second-order valence-electron chi connectivity index (χ2n) is 3.49. The molecule has 1 aliphatic heterocycles. The highest BCUT2D eigenvalue weighted by Gasteiger charge is 2.27. The molecule has 0 aromatic heterocycles. The molecule has 5 heteroatoms. The van der Waals surface area contributed by atoms with E-state index in [1.54, 1.807) is 18.2 Å². The summed E-state index contributed by atoms with van der Waals surface area (Å²) in [6.45, 7) is 0.203. The van der Waals surface area contributed by atoms with E-state index in [4.69, 9.17) is 9.84 Å². The molecule has 2 rings (SSSR count). The van der Waals surface area contributed by atoms with Gasteiger partial charge in [-0.05, 0) is 12.1 Å². The Bertz CT molecular complexity index is 455. The van der Waals surface area contributed by atoms with E-state index in [2.05, 4.69) is 0 Å². The largest absolute Gasteiger partial charge is 0.497 e. The first-order valence-electron chi connectivity index (χ1n) is 4.85. The molecule has 16 heavy (non-hydrogen) atoms. The van der Waals surface area contributed by atoms with Gasteiger partial charge in [-0.2, -0.15) is 0 Å². The van der Waals surface area contributed by atoms with Gasteiger partial charge in [-0.3, -0.25) is 9.69 Å². The number of carbonyl (C=O) groups is 2. The molecule has 1 aromatic rings. The van der Waals surface area contributed by atoms with E-state index in [1.165, 1.54) is 12.0 Å². The summed E-state index contributed by atoms with van der Waals surface area (Å²) in [5.74, 6) is 0.509. The molecule has 1 aliphatic rings. The second-order valence-corrected chi connectivity index (χ2v) is 3.49. The molecule has 0 unspecified atom stereocenters. The molecule has 0 aliphatic carbocycles. The molecule has 1 aromatic carbocycles. The van der Waals surface area contributed by atoms with Gasteiger partial charge in [0.05, 0.1) is 12.8 Å². The van der Waals surface area contributed by atoms with Crippen molar-refractivity contribution < 1.29 is 19.4 Å². The highest BCUT2D eigenvalue weighted by Crippen LogP contribution is 2.30. The SMILES string of the molecule is COc1ccc2c(c1)N(C(=O)O)CCC2=O. The number of ether oxygens (including phenoxy) is 1. The van der Waals surface area contributed by atoms with Gasteiger partial charge in [0.15, 0.2) is 5.78 Å². The van der Waals surface area contributed by atoms with E-state index in [9.17, 15) is 9.59 Å². The van der Waals surface area contributed by atoms with Crippen molar-refractivity contribution in [3.8, 4) is 5.75 Å². The predicted octanol–water partition coefficient (Wildman–Crippen LogP) is 1.77. The van der Waals surface area contributed by atoms with E-state index in [0.29, 0.717) is 17.0 Å². The van der Waals surface area contributed by atoms with Gasteiger partial charge in [-0.1, -0.05) is 0 Å². The second kappa shape index (κ2) is 3.84. The molecule has 1 amide bonds. The van der Waals surface area contributed by atoms with Crippen LogP contribution in [0.2, 0.25) is 0 Å². The molecule has 0 atom stereocenters. The van der Waals surface area contributed by atoms with Gasteiger partial charge in [-0.15, -0.1) is 0 Å². The van der Waals surface area contributed by atoms with E-state index in [0.717, 1.165) is 0 Å². The number of carbonyl (C=O) groups excluding carboxylic acids is 1. The molecular formula is C11H11NO4. The summed E-state index contributed by atoms with van der Waals surface area (Å²) in [6.07, 6.45) is -0.826. The van der Waals surface area contributed by atoms with Crippen molar-refractivity contribution in [1.29, 1.82) is 0 Å². The van der Waals surface area contributed by atoms with E-state index < -0.39 is 6.09 Å². The normalized spacial score (nSPS) is 14.6. The van der Waals surface area contributed by atoms with Crippen LogP contribution in [0.3, 0.4) is 0 Å². The molecule has 5 nitrogen and oxygen atoms in total. The average molecular weight is 221 g/mol. The van der Waals surface area contributed by atoms with Crippen LogP contribution in [0.25, 0.3) is 0 Å². The number of anilines is 1. The third-order valence-corrected chi connectivity index (χ3v) is 2.59. The van der Waals surface area contributed by atoms with E-state index in [-0.39, 0.29) is 18.7 Å². The van der Waals surface area contributed by atoms with Crippen LogP contribution in [0.15, 0.2) is 18.2 Å². The number of rotatable bonds is 1. The lowest BCUT2D eigenvalue weighted by Gasteiger charge is -2.26. The summed E-state index contributed by atoms with van der Waals surface area (Å²) in [4.78, 5) is 23.8. The van der Waals surface area contributed by atoms with Gasteiger partial charge < -0.3 is 9.84 Å². The molecule has 84 valence electrons. The van der Waals surface area contributed by atoms with Crippen LogP contribution in [0.4, 0.5) is 10.5 Å². The molecule has 0 spiro atoms. The van der Waals surface area contributed by atoms with Crippen molar-refractivity contribution in [3.63, 3.8) is 0 Å². The monoisotopic (exact) mass is 221 g/mol. The first-order valence-corrected chi connectivity index (χ1v) is 4.85. The van der Waals surface area contributed by atoms with Crippen LogP contribution in [-0.2, 0) is 0 Å². The van der Waals surface area contributed by atoms with Crippen LogP contribution in [0.1, 0.15) is 16.8 Å². The predicted molar refractivity (Wildman–Crippen MR) is 57.3 cm³/mol. The fourth-order valence-corrected chi connectivity index (χ4v) is 1.76. The van der Waals surface area contributed by atoms with Crippen LogP contribution in [-0.4, -0.2) is 30.6 Å². The van der Waals surface area contributed by atoms with Gasteiger partial charge in [0.1, 0.15) is 5.75 Å². The minimum absolute atomic E-state index is 0.0323. The summed E-state index contributed by atoms with van der Waals surface area (Å²) < 4.78 is 5.01. The van der Waals surface area contributed by atoms with Crippen LogP contribution >= 0.6 is 0 Å². The summed E-state index contributed by atoms with van der Waals surface area (Å²) in [6, 6.07) is 4.83. The van der Waals surface area contributed by atoms with Gasteiger partial charge >= 0.3 is 6.09 Å². The van der Waals surface area contributed by atoms with Crippen molar-refractivity contribution in [1.82, 2.24) is 0 Å². The fourth-order valence-electron chi connectivity index (χ4n) is 1.76. The smallest absolute Gasteiger partial charge is 0.411 e. The number of hydrogen-bond donors (Lipinski definition) is 1. The summed E-state index contributed by atoms with van der Waals surface area (Å²) >= 11 is 0. The number of amides is 1. The molecule has 1 heterocycles. The summed E-state index contributed by atoms with van der Waals surface area (Å²) in [7, 11) is 1.50. The van der Waals surface area contributed by atoms with E-state index >= 15 is 0 Å².